The van der Waals surface area contributed by atoms with Crippen LogP contribution in [0.5, 0.6) is 0 Å². The zero-order valence-corrected chi connectivity index (χ0v) is 9.38. The van der Waals surface area contributed by atoms with Crippen LogP contribution in [0.3, 0.4) is 0 Å². The summed E-state index contributed by atoms with van der Waals surface area (Å²) >= 11 is 0. The molecule has 0 unspecified atom stereocenters. The minimum atomic E-state index is -0.696. The number of carbonyl (C=O) groups is 2. The van der Waals surface area contributed by atoms with Crippen molar-refractivity contribution in [2.75, 3.05) is 19.0 Å². The van der Waals surface area contributed by atoms with Crippen molar-refractivity contribution in [3.05, 3.63) is 12.7 Å². The lowest BCUT2D eigenvalue weighted by molar-refractivity contribution is -0.142. The number of likely N-dealkylation sites (N-methyl/N-ethyl adjacent to an activating group) is 1. The molecule has 1 rings (SSSR count). The topological polar surface area (TPSA) is 80.1 Å². The van der Waals surface area contributed by atoms with Gasteiger partial charge in [-0.15, -0.1) is 10.2 Å². The summed E-state index contributed by atoms with van der Waals surface area (Å²) in [5.74, 6) is -1.26. The van der Waals surface area contributed by atoms with E-state index in [9.17, 15) is 9.59 Å². The predicted molar refractivity (Wildman–Crippen MR) is 56.9 cm³/mol. The number of nitrogens with one attached hydrogen (secondary N) is 1. The van der Waals surface area contributed by atoms with Gasteiger partial charge in [0.2, 0.25) is 0 Å². The van der Waals surface area contributed by atoms with Gasteiger partial charge in [0.05, 0.1) is 0 Å². The van der Waals surface area contributed by atoms with Crippen LogP contribution in [0.2, 0.25) is 0 Å². The number of hydrogen-bond donors (Lipinski definition) is 1. The van der Waals surface area contributed by atoms with E-state index < -0.39 is 11.8 Å². The molecule has 88 valence electrons. The summed E-state index contributed by atoms with van der Waals surface area (Å²) in [6.07, 6.45) is 4.46. The molecule has 1 aromatic rings. The molecule has 0 aromatic carbocycles. The number of unbranched alkanes of at least 4 members (excludes halogenated alkanes) is 1. The average molecular weight is 225 g/mol. The second kappa shape index (κ2) is 5.84. The van der Waals surface area contributed by atoms with Crippen LogP contribution in [0, 0.1) is 0 Å². The highest BCUT2D eigenvalue weighted by atomic mass is 16.2. The fourth-order valence-corrected chi connectivity index (χ4v) is 1.09. The molecule has 0 aliphatic carbocycles. The van der Waals surface area contributed by atoms with E-state index in [-0.39, 0.29) is 0 Å². The molecular formula is C9H15N5O2. The number of aromatic nitrogens is 3. The summed E-state index contributed by atoms with van der Waals surface area (Å²) in [4.78, 5) is 24.4. The van der Waals surface area contributed by atoms with Crippen molar-refractivity contribution in [3.63, 3.8) is 0 Å². The Morgan fingerprint density at radius 2 is 2.00 bits per heavy atom. The molecule has 0 saturated carbocycles. The zero-order chi connectivity index (χ0) is 12.0. The van der Waals surface area contributed by atoms with E-state index in [0.29, 0.717) is 6.54 Å². The third-order valence-corrected chi connectivity index (χ3v) is 2.04. The molecule has 1 aromatic heterocycles. The third-order valence-electron chi connectivity index (χ3n) is 2.04. The van der Waals surface area contributed by atoms with Gasteiger partial charge in [-0.25, -0.2) is 4.68 Å². The molecule has 0 spiro atoms. The van der Waals surface area contributed by atoms with Crippen LogP contribution >= 0.6 is 0 Å². The van der Waals surface area contributed by atoms with E-state index in [4.69, 9.17) is 0 Å². The Hall–Kier alpha value is -1.92. The summed E-state index contributed by atoms with van der Waals surface area (Å²) in [7, 11) is 1.60. The first-order chi connectivity index (χ1) is 7.65. The van der Waals surface area contributed by atoms with Gasteiger partial charge in [0.1, 0.15) is 12.7 Å². The van der Waals surface area contributed by atoms with Crippen molar-refractivity contribution in [1.82, 2.24) is 19.8 Å². The highest BCUT2D eigenvalue weighted by Gasteiger charge is 2.18. The van der Waals surface area contributed by atoms with E-state index in [2.05, 4.69) is 15.6 Å². The SMILES string of the molecule is CCCCN(C)C(=O)C(=O)Nn1cnnc1. The Kier molecular flexibility index (Phi) is 4.43. The maximum Gasteiger partial charge on any atom is 0.328 e. The molecule has 0 saturated heterocycles. The second-order valence-electron chi connectivity index (χ2n) is 3.39. The van der Waals surface area contributed by atoms with Crippen LogP contribution in [0.4, 0.5) is 0 Å². The van der Waals surface area contributed by atoms with Crippen LogP contribution < -0.4 is 5.43 Å². The Balaban J connectivity index is 2.44. The van der Waals surface area contributed by atoms with Crippen LogP contribution in [-0.4, -0.2) is 45.2 Å². The minimum absolute atomic E-state index is 0.567. The predicted octanol–water partition coefficient (Wildman–Crippen LogP) is -0.393. The lowest BCUT2D eigenvalue weighted by Crippen LogP contribution is -2.40. The van der Waals surface area contributed by atoms with Crippen molar-refractivity contribution < 1.29 is 9.59 Å². The molecule has 0 aliphatic rings. The summed E-state index contributed by atoms with van der Waals surface area (Å²) in [5.41, 5.74) is 2.34. The normalized spacial score (nSPS) is 9.88. The fraction of sp³-hybridized carbons (Fsp3) is 0.556. The molecule has 0 fully saturated rings. The van der Waals surface area contributed by atoms with E-state index in [0.717, 1.165) is 12.8 Å². The van der Waals surface area contributed by atoms with Crippen molar-refractivity contribution in [3.8, 4) is 0 Å². The largest absolute Gasteiger partial charge is 0.337 e. The number of carbonyl (C=O) groups excluding carboxylic acids is 2. The maximum atomic E-state index is 11.5. The van der Waals surface area contributed by atoms with Crippen LogP contribution in [0.1, 0.15) is 19.8 Å². The van der Waals surface area contributed by atoms with E-state index in [1.54, 1.807) is 7.05 Å². The number of rotatable bonds is 4. The van der Waals surface area contributed by atoms with Gasteiger partial charge < -0.3 is 4.90 Å². The number of hydrogen-bond acceptors (Lipinski definition) is 4. The molecule has 7 nitrogen and oxygen atoms in total. The molecule has 0 radical (unpaired) electrons. The van der Waals surface area contributed by atoms with Crippen molar-refractivity contribution >= 4 is 11.8 Å². The Morgan fingerprint density at radius 3 is 2.56 bits per heavy atom. The van der Waals surface area contributed by atoms with Gasteiger partial charge in [0, 0.05) is 13.6 Å². The zero-order valence-electron chi connectivity index (χ0n) is 9.38. The monoisotopic (exact) mass is 225 g/mol. The quantitative estimate of drug-likeness (QED) is 0.707. The fourth-order valence-electron chi connectivity index (χ4n) is 1.09. The molecule has 0 atom stereocenters. The number of amides is 2. The van der Waals surface area contributed by atoms with Gasteiger partial charge in [-0.1, -0.05) is 13.3 Å². The van der Waals surface area contributed by atoms with Gasteiger partial charge in [-0.05, 0) is 6.42 Å². The average Bonchev–Trinajstić information content (AvgIpc) is 2.77. The van der Waals surface area contributed by atoms with Crippen molar-refractivity contribution in [2.24, 2.45) is 0 Å². The van der Waals surface area contributed by atoms with E-state index >= 15 is 0 Å². The number of nitrogens with zero attached hydrogens (tertiary/aromatic N) is 4. The van der Waals surface area contributed by atoms with Gasteiger partial charge in [-0.3, -0.25) is 15.0 Å². The standard InChI is InChI=1S/C9H15N5O2/c1-3-4-5-13(2)9(16)8(15)12-14-6-10-11-7-14/h6-7H,3-5H2,1-2H3,(H,12,15). The molecule has 1 N–H and O–H groups in total. The molecular weight excluding hydrogens is 210 g/mol. The summed E-state index contributed by atoms with van der Waals surface area (Å²) in [6, 6.07) is 0. The van der Waals surface area contributed by atoms with Crippen LogP contribution in [-0.2, 0) is 9.59 Å². The smallest absolute Gasteiger partial charge is 0.328 e. The first kappa shape index (κ1) is 12.2. The van der Waals surface area contributed by atoms with E-state index in [1.807, 2.05) is 6.92 Å². The van der Waals surface area contributed by atoms with Crippen LogP contribution in [0.15, 0.2) is 12.7 Å². The summed E-state index contributed by atoms with van der Waals surface area (Å²) in [5, 5.41) is 7.00. The minimum Gasteiger partial charge on any atom is -0.337 e. The highest BCUT2D eigenvalue weighted by molar-refractivity contribution is 6.38. The molecule has 0 bridgehead atoms. The molecule has 7 heteroatoms. The third kappa shape index (κ3) is 3.34. The molecule has 0 aliphatic heterocycles. The van der Waals surface area contributed by atoms with Crippen LogP contribution in [0.25, 0.3) is 0 Å². The maximum absolute atomic E-state index is 11.5. The van der Waals surface area contributed by atoms with Gasteiger partial charge in [-0.2, -0.15) is 0 Å². The van der Waals surface area contributed by atoms with E-state index in [1.165, 1.54) is 22.2 Å². The van der Waals surface area contributed by atoms with Crippen molar-refractivity contribution in [2.45, 2.75) is 19.8 Å². The first-order valence-corrected chi connectivity index (χ1v) is 5.06. The lowest BCUT2D eigenvalue weighted by atomic mass is 10.3. The molecule has 16 heavy (non-hydrogen) atoms. The van der Waals surface area contributed by atoms with Gasteiger partial charge in [0.25, 0.3) is 0 Å². The lowest BCUT2D eigenvalue weighted by Gasteiger charge is -2.15. The second-order valence-corrected chi connectivity index (χ2v) is 3.39. The highest BCUT2D eigenvalue weighted by Crippen LogP contribution is 1.93. The van der Waals surface area contributed by atoms with Gasteiger partial charge in [0.15, 0.2) is 0 Å². The Labute approximate surface area is 93.4 Å². The molecule has 2 amide bonds. The Bertz CT molecular complexity index is 349. The first-order valence-electron chi connectivity index (χ1n) is 5.06. The molecule has 1 heterocycles. The van der Waals surface area contributed by atoms with Crippen molar-refractivity contribution in [1.29, 1.82) is 0 Å². The Morgan fingerprint density at radius 1 is 1.38 bits per heavy atom. The van der Waals surface area contributed by atoms with Gasteiger partial charge >= 0.3 is 11.8 Å². The summed E-state index contributed by atoms with van der Waals surface area (Å²) in [6.45, 7) is 2.60. The summed E-state index contributed by atoms with van der Waals surface area (Å²) < 4.78 is 1.23.